The molecular formula is C25H23N3O4. The summed E-state index contributed by atoms with van der Waals surface area (Å²) in [5, 5.41) is 2.86. The van der Waals surface area contributed by atoms with Crippen LogP contribution in [0.5, 0.6) is 17.2 Å². The molecule has 2 heterocycles. The second-order valence-electron chi connectivity index (χ2n) is 6.95. The van der Waals surface area contributed by atoms with Gasteiger partial charge in [-0.3, -0.25) is 4.79 Å². The van der Waals surface area contributed by atoms with Gasteiger partial charge >= 0.3 is 0 Å². The fourth-order valence-electron chi connectivity index (χ4n) is 3.35. The van der Waals surface area contributed by atoms with Crippen LogP contribution in [0.2, 0.25) is 0 Å². The molecule has 4 aromatic rings. The average molecular weight is 429 g/mol. The molecule has 32 heavy (non-hydrogen) atoms. The standard InChI is InChI=1S/C25H23N3O4/c1-30-21-14-17(15-22(31-2)25(21)32-3)7-12-24(29)26-19-10-8-18(9-11-19)20-16-28-13-5-4-6-23(28)27-20/h4-16H,1-3H3,(H,26,29)/b12-7+. The molecule has 2 aromatic heterocycles. The maximum Gasteiger partial charge on any atom is 0.248 e. The van der Waals surface area contributed by atoms with Crippen molar-refractivity contribution >= 4 is 23.3 Å². The van der Waals surface area contributed by atoms with E-state index in [1.54, 1.807) is 39.5 Å². The van der Waals surface area contributed by atoms with Crippen LogP contribution in [0.4, 0.5) is 5.69 Å². The minimum absolute atomic E-state index is 0.251. The molecule has 0 saturated heterocycles. The molecule has 1 N–H and O–H groups in total. The van der Waals surface area contributed by atoms with E-state index < -0.39 is 0 Å². The minimum atomic E-state index is -0.251. The Morgan fingerprint density at radius 2 is 1.69 bits per heavy atom. The number of rotatable bonds is 7. The van der Waals surface area contributed by atoms with Crippen molar-refractivity contribution in [1.29, 1.82) is 0 Å². The SMILES string of the molecule is COc1cc(/C=C/C(=O)Nc2ccc(-c3cn4ccccc4n3)cc2)cc(OC)c1OC. The molecule has 0 saturated carbocycles. The van der Waals surface area contributed by atoms with E-state index in [1.807, 2.05) is 59.3 Å². The topological polar surface area (TPSA) is 74.1 Å². The Hall–Kier alpha value is -4.26. The van der Waals surface area contributed by atoms with Crippen molar-refractivity contribution in [2.45, 2.75) is 0 Å². The van der Waals surface area contributed by atoms with Gasteiger partial charge in [0.1, 0.15) is 5.65 Å². The van der Waals surface area contributed by atoms with E-state index in [1.165, 1.54) is 6.08 Å². The molecule has 0 fully saturated rings. The van der Waals surface area contributed by atoms with Crippen molar-refractivity contribution in [1.82, 2.24) is 9.38 Å². The number of pyridine rings is 1. The van der Waals surface area contributed by atoms with Crippen molar-refractivity contribution < 1.29 is 19.0 Å². The fourth-order valence-corrected chi connectivity index (χ4v) is 3.35. The highest BCUT2D eigenvalue weighted by Crippen LogP contribution is 2.38. The smallest absolute Gasteiger partial charge is 0.248 e. The number of carbonyl (C=O) groups is 1. The quantitative estimate of drug-likeness (QED) is 0.432. The number of ether oxygens (including phenoxy) is 3. The highest BCUT2D eigenvalue weighted by Gasteiger charge is 2.12. The third kappa shape index (κ3) is 4.41. The molecule has 0 unspecified atom stereocenters. The van der Waals surface area contributed by atoms with Crippen molar-refractivity contribution in [2.75, 3.05) is 26.6 Å². The van der Waals surface area contributed by atoms with Crippen molar-refractivity contribution in [3.05, 3.63) is 78.6 Å². The van der Waals surface area contributed by atoms with Crippen LogP contribution >= 0.6 is 0 Å². The largest absolute Gasteiger partial charge is 0.493 e. The predicted molar refractivity (Wildman–Crippen MR) is 124 cm³/mol. The normalized spacial score (nSPS) is 11.0. The Morgan fingerprint density at radius 1 is 0.969 bits per heavy atom. The van der Waals surface area contributed by atoms with E-state index in [9.17, 15) is 4.79 Å². The number of hydrogen-bond acceptors (Lipinski definition) is 5. The molecule has 162 valence electrons. The molecule has 7 heteroatoms. The number of nitrogens with zero attached hydrogens (tertiary/aromatic N) is 2. The third-order valence-corrected chi connectivity index (χ3v) is 4.93. The lowest BCUT2D eigenvalue weighted by Crippen LogP contribution is -2.07. The molecule has 0 aliphatic heterocycles. The van der Waals surface area contributed by atoms with Crippen LogP contribution in [0.15, 0.2) is 73.1 Å². The molecule has 0 aliphatic rings. The lowest BCUT2D eigenvalue weighted by Gasteiger charge is -2.12. The van der Waals surface area contributed by atoms with E-state index in [-0.39, 0.29) is 5.91 Å². The first kappa shape index (κ1) is 21.0. The maximum absolute atomic E-state index is 12.4. The molecular weight excluding hydrogens is 406 g/mol. The predicted octanol–water partition coefficient (Wildman–Crippen LogP) is 4.68. The Morgan fingerprint density at radius 3 is 2.31 bits per heavy atom. The monoisotopic (exact) mass is 429 g/mol. The van der Waals surface area contributed by atoms with E-state index in [0.29, 0.717) is 22.9 Å². The van der Waals surface area contributed by atoms with Crippen LogP contribution in [0.1, 0.15) is 5.56 Å². The van der Waals surface area contributed by atoms with Gasteiger partial charge in [0.25, 0.3) is 0 Å². The second-order valence-corrected chi connectivity index (χ2v) is 6.95. The summed E-state index contributed by atoms with van der Waals surface area (Å²) in [6.07, 6.45) is 7.07. The Labute approximate surface area is 185 Å². The van der Waals surface area contributed by atoms with E-state index >= 15 is 0 Å². The van der Waals surface area contributed by atoms with Crippen LogP contribution in [0, 0.1) is 0 Å². The van der Waals surface area contributed by atoms with E-state index in [0.717, 1.165) is 22.5 Å². The maximum atomic E-state index is 12.4. The number of aromatic nitrogens is 2. The molecule has 4 rings (SSSR count). The van der Waals surface area contributed by atoms with Crippen LogP contribution in [0.25, 0.3) is 23.0 Å². The molecule has 0 atom stereocenters. The summed E-state index contributed by atoms with van der Waals surface area (Å²) >= 11 is 0. The summed E-state index contributed by atoms with van der Waals surface area (Å²) in [6.45, 7) is 0. The van der Waals surface area contributed by atoms with Gasteiger partial charge in [0.15, 0.2) is 11.5 Å². The number of hydrogen-bond donors (Lipinski definition) is 1. The van der Waals surface area contributed by atoms with E-state index in [4.69, 9.17) is 14.2 Å². The van der Waals surface area contributed by atoms with Gasteiger partial charge < -0.3 is 23.9 Å². The Bertz CT molecular complexity index is 1220. The number of amides is 1. The summed E-state index contributed by atoms with van der Waals surface area (Å²) < 4.78 is 18.0. The van der Waals surface area contributed by atoms with Crippen LogP contribution in [-0.4, -0.2) is 36.6 Å². The number of fused-ring (bicyclic) bond motifs is 1. The lowest BCUT2D eigenvalue weighted by atomic mass is 10.1. The molecule has 7 nitrogen and oxygen atoms in total. The molecule has 2 aromatic carbocycles. The van der Waals surface area contributed by atoms with Crippen LogP contribution in [0.3, 0.4) is 0 Å². The first-order valence-corrected chi connectivity index (χ1v) is 9.94. The second kappa shape index (κ2) is 9.26. The zero-order chi connectivity index (χ0) is 22.5. The lowest BCUT2D eigenvalue weighted by molar-refractivity contribution is -0.111. The van der Waals surface area contributed by atoms with Gasteiger partial charge in [-0.05, 0) is 48.0 Å². The Balaban J connectivity index is 1.45. The van der Waals surface area contributed by atoms with Gasteiger partial charge in [-0.2, -0.15) is 0 Å². The number of anilines is 1. The van der Waals surface area contributed by atoms with Gasteiger partial charge in [-0.15, -0.1) is 0 Å². The summed E-state index contributed by atoms with van der Waals surface area (Å²) in [4.78, 5) is 17.0. The number of nitrogens with one attached hydrogen (secondary N) is 1. The summed E-state index contributed by atoms with van der Waals surface area (Å²) in [5.74, 6) is 1.30. The van der Waals surface area contributed by atoms with Crippen LogP contribution in [-0.2, 0) is 4.79 Å². The zero-order valence-corrected chi connectivity index (χ0v) is 18.0. The average Bonchev–Trinajstić information content (AvgIpc) is 3.26. The first-order chi connectivity index (χ1) is 15.6. The Kier molecular flexibility index (Phi) is 6.07. The van der Waals surface area contributed by atoms with Gasteiger partial charge in [-0.25, -0.2) is 4.98 Å². The number of carbonyl (C=O) groups excluding carboxylic acids is 1. The highest BCUT2D eigenvalue weighted by molar-refractivity contribution is 6.02. The molecule has 0 spiro atoms. The molecule has 0 bridgehead atoms. The van der Waals surface area contributed by atoms with Crippen molar-refractivity contribution in [2.24, 2.45) is 0 Å². The van der Waals surface area contributed by atoms with Gasteiger partial charge in [0.05, 0.1) is 27.0 Å². The van der Waals surface area contributed by atoms with Gasteiger partial charge in [0, 0.05) is 29.7 Å². The molecule has 0 aliphatic carbocycles. The zero-order valence-electron chi connectivity index (χ0n) is 18.0. The number of benzene rings is 2. The summed E-state index contributed by atoms with van der Waals surface area (Å²) in [5.41, 5.74) is 4.17. The summed E-state index contributed by atoms with van der Waals surface area (Å²) in [6, 6.07) is 17.0. The van der Waals surface area contributed by atoms with Crippen molar-refractivity contribution in [3.8, 4) is 28.5 Å². The van der Waals surface area contributed by atoms with Crippen molar-refractivity contribution in [3.63, 3.8) is 0 Å². The molecule has 1 amide bonds. The minimum Gasteiger partial charge on any atom is -0.493 e. The van der Waals surface area contributed by atoms with Gasteiger partial charge in [-0.1, -0.05) is 18.2 Å². The first-order valence-electron chi connectivity index (χ1n) is 9.94. The third-order valence-electron chi connectivity index (χ3n) is 4.93. The van der Waals surface area contributed by atoms with Crippen LogP contribution < -0.4 is 19.5 Å². The summed E-state index contributed by atoms with van der Waals surface area (Å²) in [7, 11) is 4.64. The molecule has 0 radical (unpaired) electrons. The van der Waals surface area contributed by atoms with Gasteiger partial charge in [0.2, 0.25) is 11.7 Å². The number of methoxy groups -OCH3 is 3. The van der Waals surface area contributed by atoms with E-state index in [2.05, 4.69) is 10.3 Å². The highest BCUT2D eigenvalue weighted by atomic mass is 16.5. The number of imidazole rings is 1. The fraction of sp³-hybridized carbons (Fsp3) is 0.120.